The Labute approximate surface area is 125 Å². The third-order valence-electron chi connectivity index (χ3n) is 3.19. The average Bonchev–Trinajstić information content (AvgIpc) is 2.50. The maximum atomic E-state index is 5.72. The standard InChI is InChI=1S/C15H13BrN4/c16-12-4-2-8-19-15(12)14(20-17)11-6-5-10-3-1-7-18-13(10)9-11/h1-9,14,20H,17H2. The van der Waals surface area contributed by atoms with E-state index in [1.54, 1.807) is 12.4 Å². The molecule has 2 heterocycles. The summed E-state index contributed by atoms with van der Waals surface area (Å²) in [6, 6.07) is 13.7. The molecule has 1 unspecified atom stereocenters. The third-order valence-corrected chi connectivity index (χ3v) is 3.86. The van der Waals surface area contributed by atoms with E-state index in [1.807, 2.05) is 42.5 Å². The van der Waals surface area contributed by atoms with E-state index in [0.717, 1.165) is 26.6 Å². The SMILES string of the molecule is NNC(c1ccc2cccnc2c1)c1ncccc1Br. The molecule has 2 aromatic heterocycles. The van der Waals surface area contributed by atoms with Crippen LogP contribution < -0.4 is 11.3 Å². The van der Waals surface area contributed by atoms with Crippen LogP contribution in [0.1, 0.15) is 17.3 Å². The van der Waals surface area contributed by atoms with Gasteiger partial charge in [0.25, 0.3) is 0 Å². The van der Waals surface area contributed by atoms with Crippen molar-refractivity contribution in [3.63, 3.8) is 0 Å². The molecule has 0 bridgehead atoms. The van der Waals surface area contributed by atoms with E-state index in [0.29, 0.717) is 0 Å². The number of benzene rings is 1. The summed E-state index contributed by atoms with van der Waals surface area (Å²) in [5.41, 5.74) is 5.64. The molecule has 0 amide bonds. The van der Waals surface area contributed by atoms with Gasteiger partial charge in [-0.2, -0.15) is 0 Å². The molecular formula is C15H13BrN4. The fourth-order valence-electron chi connectivity index (χ4n) is 2.21. The van der Waals surface area contributed by atoms with Gasteiger partial charge in [0, 0.05) is 22.3 Å². The summed E-state index contributed by atoms with van der Waals surface area (Å²) in [6.07, 6.45) is 3.54. The normalized spacial score (nSPS) is 12.5. The van der Waals surface area contributed by atoms with Gasteiger partial charge in [-0.3, -0.25) is 15.8 Å². The van der Waals surface area contributed by atoms with Gasteiger partial charge in [0.2, 0.25) is 0 Å². The molecule has 0 saturated carbocycles. The predicted molar refractivity (Wildman–Crippen MR) is 82.8 cm³/mol. The van der Waals surface area contributed by atoms with Gasteiger partial charge in [-0.05, 0) is 45.8 Å². The van der Waals surface area contributed by atoms with Gasteiger partial charge in [0.15, 0.2) is 0 Å². The van der Waals surface area contributed by atoms with Crippen LogP contribution in [0.2, 0.25) is 0 Å². The van der Waals surface area contributed by atoms with Crippen molar-refractivity contribution in [1.82, 2.24) is 15.4 Å². The minimum atomic E-state index is -0.183. The Balaban J connectivity index is 2.10. The molecule has 3 aromatic rings. The zero-order valence-electron chi connectivity index (χ0n) is 10.6. The van der Waals surface area contributed by atoms with Crippen molar-refractivity contribution >= 4 is 26.8 Å². The van der Waals surface area contributed by atoms with Crippen LogP contribution in [0.4, 0.5) is 0 Å². The highest BCUT2D eigenvalue weighted by atomic mass is 79.9. The van der Waals surface area contributed by atoms with Gasteiger partial charge in [0.05, 0.1) is 17.3 Å². The zero-order chi connectivity index (χ0) is 13.9. The summed E-state index contributed by atoms with van der Waals surface area (Å²) in [5, 5.41) is 1.10. The first-order chi connectivity index (χ1) is 9.79. The van der Waals surface area contributed by atoms with Gasteiger partial charge in [0.1, 0.15) is 0 Å². The average molecular weight is 329 g/mol. The monoisotopic (exact) mass is 328 g/mol. The Bertz CT molecular complexity index is 745. The molecule has 0 aliphatic heterocycles. The summed E-state index contributed by atoms with van der Waals surface area (Å²) < 4.78 is 0.920. The first kappa shape index (κ1) is 13.2. The highest BCUT2D eigenvalue weighted by Crippen LogP contribution is 2.27. The number of hydrazine groups is 1. The lowest BCUT2D eigenvalue weighted by molar-refractivity contribution is 0.618. The molecule has 0 fully saturated rings. The molecule has 5 heteroatoms. The summed E-state index contributed by atoms with van der Waals surface area (Å²) in [4.78, 5) is 8.77. The minimum absolute atomic E-state index is 0.183. The number of rotatable bonds is 3. The van der Waals surface area contributed by atoms with E-state index in [1.165, 1.54) is 0 Å². The van der Waals surface area contributed by atoms with E-state index in [2.05, 4.69) is 31.3 Å². The largest absolute Gasteiger partial charge is 0.271 e. The summed E-state index contributed by atoms with van der Waals surface area (Å²) in [6.45, 7) is 0. The number of nitrogens with two attached hydrogens (primary N) is 1. The van der Waals surface area contributed by atoms with Crippen LogP contribution in [0, 0.1) is 0 Å². The first-order valence-corrected chi connectivity index (χ1v) is 7.00. The number of pyridine rings is 2. The number of nitrogens with zero attached hydrogens (tertiary/aromatic N) is 2. The molecule has 3 N–H and O–H groups in total. The van der Waals surface area contributed by atoms with Gasteiger partial charge < -0.3 is 0 Å². The molecule has 0 spiro atoms. The smallest absolute Gasteiger partial charge is 0.0893 e. The topological polar surface area (TPSA) is 63.8 Å². The Morgan fingerprint density at radius 1 is 1.05 bits per heavy atom. The van der Waals surface area contributed by atoms with Crippen LogP contribution in [0.25, 0.3) is 10.9 Å². The van der Waals surface area contributed by atoms with Crippen LogP contribution in [-0.2, 0) is 0 Å². The maximum absolute atomic E-state index is 5.72. The second kappa shape index (κ2) is 5.66. The number of fused-ring (bicyclic) bond motifs is 1. The second-order valence-corrected chi connectivity index (χ2v) is 5.28. The number of nitrogens with one attached hydrogen (secondary N) is 1. The lowest BCUT2D eigenvalue weighted by Gasteiger charge is -2.17. The minimum Gasteiger partial charge on any atom is -0.271 e. The number of hydrogen-bond acceptors (Lipinski definition) is 4. The first-order valence-electron chi connectivity index (χ1n) is 6.21. The zero-order valence-corrected chi connectivity index (χ0v) is 12.2. The second-order valence-electron chi connectivity index (χ2n) is 4.43. The third kappa shape index (κ3) is 2.43. The fourth-order valence-corrected chi connectivity index (χ4v) is 2.69. The highest BCUT2D eigenvalue weighted by molar-refractivity contribution is 9.10. The van der Waals surface area contributed by atoms with E-state index in [-0.39, 0.29) is 6.04 Å². The number of halogens is 1. The molecule has 4 nitrogen and oxygen atoms in total. The van der Waals surface area contributed by atoms with E-state index in [4.69, 9.17) is 5.84 Å². The van der Waals surface area contributed by atoms with Gasteiger partial charge in [-0.15, -0.1) is 0 Å². The van der Waals surface area contributed by atoms with Crippen LogP contribution in [0.5, 0.6) is 0 Å². The molecule has 1 atom stereocenters. The maximum Gasteiger partial charge on any atom is 0.0893 e. The summed E-state index contributed by atoms with van der Waals surface area (Å²) >= 11 is 3.51. The van der Waals surface area contributed by atoms with E-state index >= 15 is 0 Å². The Morgan fingerprint density at radius 3 is 2.65 bits per heavy atom. The molecule has 1 aromatic carbocycles. The van der Waals surface area contributed by atoms with Crippen molar-refractivity contribution in [2.75, 3.05) is 0 Å². The number of hydrogen-bond donors (Lipinski definition) is 2. The highest BCUT2D eigenvalue weighted by Gasteiger charge is 2.17. The summed E-state index contributed by atoms with van der Waals surface area (Å²) in [7, 11) is 0. The van der Waals surface area contributed by atoms with Crippen molar-refractivity contribution in [1.29, 1.82) is 0 Å². The van der Waals surface area contributed by atoms with Crippen molar-refractivity contribution in [2.45, 2.75) is 6.04 Å². The molecule has 0 saturated heterocycles. The van der Waals surface area contributed by atoms with Crippen molar-refractivity contribution < 1.29 is 0 Å². The molecule has 0 aliphatic carbocycles. The van der Waals surface area contributed by atoms with E-state index < -0.39 is 0 Å². The van der Waals surface area contributed by atoms with Crippen molar-refractivity contribution in [3.05, 3.63) is 70.6 Å². The Hall–Kier alpha value is -1.82. The number of aromatic nitrogens is 2. The van der Waals surface area contributed by atoms with Crippen LogP contribution in [0.15, 0.2) is 59.3 Å². The van der Waals surface area contributed by atoms with Gasteiger partial charge >= 0.3 is 0 Å². The van der Waals surface area contributed by atoms with Crippen molar-refractivity contribution in [2.24, 2.45) is 5.84 Å². The Kier molecular flexibility index (Phi) is 3.73. The fraction of sp³-hybridized carbons (Fsp3) is 0.0667. The summed E-state index contributed by atoms with van der Waals surface area (Å²) in [5.74, 6) is 5.72. The van der Waals surface area contributed by atoms with Gasteiger partial charge in [-0.1, -0.05) is 18.2 Å². The van der Waals surface area contributed by atoms with Gasteiger partial charge in [-0.25, -0.2) is 5.43 Å². The van der Waals surface area contributed by atoms with Crippen LogP contribution in [0.3, 0.4) is 0 Å². The lowest BCUT2D eigenvalue weighted by atomic mass is 10.0. The quantitative estimate of drug-likeness (QED) is 0.573. The van der Waals surface area contributed by atoms with Crippen molar-refractivity contribution in [3.8, 4) is 0 Å². The molecule has 20 heavy (non-hydrogen) atoms. The Morgan fingerprint density at radius 2 is 1.85 bits per heavy atom. The molecule has 0 aliphatic rings. The molecular weight excluding hydrogens is 316 g/mol. The molecule has 0 radical (unpaired) electrons. The lowest BCUT2D eigenvalue weighted by Crippen LogP contribution is -2.29. The molecule has 100 valence electrons. The molecule has 3 rings (SSSR count). The van der Waals surface area contributed by atoms with Crippen LogP contribution in [-0.4, -0.2) is 9.97 Å². The van der Waals surface area contributed by atoms with E-state index in [9.17, 15) is 0 Å². The predicted octanol–water partition coefficient (Wildman–Crippen LogP) is 2.95. The van der Waals surface area contributed by atoms with Crippen LogP contribution >= 0.6 is 15.9 Å².